The fourth-order valence-electron chi connectivity index (χ4n) is 2.33. The zero-order chi connectivity index (χ0) is 15.5. The Bertz CT molecular complexity index is 727. The third-order valence-corrected chi connectivity index (χ3v) is 4.29. The standard InChI is InChI=1S/C15H15Cl2N3O2/c16-12-4-2-1-3-10(12)8-20-15(21)14(17)13(7-18-20)19-11-5-6-22-9-11/h1-4,7,11,19H,5-6,8-9H2/t11-/m1/s1. The summed E-state index contributed by atoms with van der Waals surface area (Å²) in [7, 11) is 0. The van der Waals surface area contributed by atoms with Gasteiger partial charge in [-0.3, -0.25) is 4.79 Å². The number of hydrogen-bond acceptors (Lipinski definition) is 4. The first-order valence-corrected chi connectivity index (χ1v) is 7.74. The SMILES string of the molecule is O=c1c(Cl)c(N[C@@H]2CCOC2)cnn1Cc1ccccc1Cl. The molecule has 1 fully saturated rings. The number of aromatic nitrogens is 2. The number of benzene rings is 1. The van der Waals surface area contributed by atoms with Crippen LogP contribution >= 0.6 is 23.2 Å². The van der Waals surface area contributed by atoms with Gasteiger partial charge in [0.05, 0.1) is 31.1 Å². The summed E-state index contributed by atoms with van der Waals surface area (Å²) in [5, 5.41) is 8.10. The zero-order valence-electron chi connectivity index (χ0n) is 11.8. The third-order valence-electron chi connectivity index (χ3n) is 3.55. The molecule has 116 valence electrons. The van der Waals surface area contributed by atoms with Gasteiger partial charge in [-0.15, -0.1) is 0 Å². The van der Waals surface area contributed by atoms with E-state index in [1.54, 1.807) is 12.3 Å². The van der Waals surface area contributed by atoms with Crippen LogP contribution in [0.3, 0.4) is 0 Å². The summed E-state index contributed by atoms with van der Waals surface area (Å²) < 4.78 is 6.60. The normalized spacial score (nSPS) is 17.6. The van der Waals surface area contributed by atoms with E-state index in [0.717, 1.165) is 12.0 Å². The number of halogens is 2. The number of anilines is 1. The van der Waals surface area contributed by atoms with E-state index in [-0.39, 0.29) is 23.2 Å². The van der Waals surface area contributed by atoms with Gasteiger partial charge >= 0.3 is 0 Å². The molecule has 1 atom stereocenters. The van der Waals surface area contributed by atoms with Crippen molar-refractivity contribution in [1.29, 1.82) is 0 Å². The average Bonchev–Trinajstić information content (AvgIpc) is 3.02. The predicted octanol–water partition coefficient (Wildman–Crippen LogP) is 2.80. The van der Waals surface area contributed by atoms with Crippen molar-refractivity contribution in [3.8, 4) is 0 Å². The minimum Gasteiger partial charge on any atom is -0.379 e. The maximum Gasteiger partial charge on any atom is 0.287 e. The van der Waals surface area contributed by atoms with Gasteiger partial charge in [0.1, 0.15) is 5.02 Å². The van der Waals surface area contributed by atoms with E-state index in [4.69, 9.17) is 27.9 Å². The number of rotatable bonds is 4. The van der Waals surface area contributed by atoms with E-state index in [0.29, 0.717) is 23.9 Å². The first-order valence-electron chi connectivity index (χ1n) is 6.98. The van der Waals surface area contributed by atoms with E-state index in [1.807, 2.05) is 18.2 Å². The van der Waals surface area contributed by atoms with Crippen LogP contribution < -0.4 is 10.9 Å². The Labute approximate surface area is 137 Å². The maximum absolute atomic E-state index is 12.3. The fraction of sp³-hybridized carbons (Fsp3) is 0.333. The van der Waals surface area contributed by atoms with E-state index in [1.165, 1.54) is 4.68 Å². The molecular weight excluding hydrogens is 325 g/mol. The highest BCUT2D eigenvalue weighted by molar-refractivity contribution is 6.33. The third kappa shape index (κ3) is 3.27. The van der Waals surface area contributed by atoms with E-state index < -0.39 is 0 Å². The molecule has 1 saturated heterocycles. The summed E-state index contributed by atoms with van der Waals surface area (Å²) in [6.45, 7) is 1.61. The van der Waals surface area contributed by atoms with E-state index in [2.05, 4.69) is 10.4 Å². The van der Waals surface area contributed by atoms with Crippen molar-refractivity contribution in [3.63, 3.8) is 0 Å². The summed E-state index contributed by atoms with van der Waals surface area (Å²) in [5.74, 6) is 0. The Kier molecular flexibility index (Phi) is 4.66. The summed E-state index contributed by atoms with van der Waals surface area (Å²) in [6.07, 6.45) is 2.46. The van der Waals surface area contributed by atoms with Crippen LogP contribution in [0.5, 0.6) is 0 Å². The van der Waals surface area contributed by atoms with Gasteiger partial charge in [0.25, 0.3) is 5.56 Å². The Hall–Kier alpha value is -1.56. The lowest BCUT2D eigenvalue weighted by Crippen LogP contribution is -2.27. The Balaban J connectivity index is 1.83. The molecule has 0 aliphatic carbocycles. The Morgan fingerprint density at radius 1 is 1.36 bits per heavy atom. The molecule has 5 nitrogen and oxygen atoms in total. The van der Waals surface area contributed by atoms with Gasteiger partial charge in [0.2, 0.25) is 0 Å². The number of hydrogen-bond donors (Lipinski definition) is 1. The molecule has 0 unspecified atom stereocenters. The van der Waals surface area contributed by atoms with Crippen LogP contribution in [0, 0.1) is 0 Å². The van der Waals surface area contributed by atoms with Crippen LogP contribution in [-0.4, -0.2) is 29.0 Å². The maximum atomic E-state index is 12.3. The van der Waals surface area contributed by atoms with Gasteiger partial charge in [-0.25, -0.2) is 4.68 Å². The first-order chi connectivity index (χ1) is 10.6. The van der Waals surface area contributed by atoms with Crippen LogP contribution in [0.15, 0.2) is 35.3 Å². The minimum absolute atomic E-state index is 0.133. The molecule has 0 spiro atoms. The molecular formula is C15H15Cl2N3O2. The monoisotopic (exact) mass is 339 g/mol. The lowest BCUT2D eigenvalue weighted by atomic mass is 10.2. The molecule has 2 heterocycles. The van der Waals surface area contributed by atoms with Crippen molar-refractivity contribution in [2.75, 3.05) is 18.5 Å². The molecule has 1 N–H and O–H groups in total. The lowest BCUT2D eigenvalue weighted by Gasteiger charge is -2.14. The van der Waals surface area contributed by atoms with Gasteiger partial charge in [-0.2, -0.15) is 5.10 Å². The van der Waals surface area contributed by atoms with Crippen molar-refractivity contribution in [2.45, 2.75) is 19.0 Å². The molecule has 1 aromatic carbocycles. The van der Waals surface area contributed by atoms with Crippen LogP contribution in [0.4, 0.5) is 5.69 Å². The van der Waals surface area contributed by atoms with Crippen molar-refractivity contribution in [1.82, 2.24) is 9.78 Å². The van der Waals surface area contributed by atoms with Crippen LogP contribution in [0.1, 0.15) is 12.0 Å². The Morgan fingerprint density at radius 3 is 2.91 bits per heavy atom. The largest absolute Gasteiger partial charge is 0.379 e. The predicted molar refractivity (Wildman–Crippen MR) is 86.9 cm³/mol. The molecule has 7 heteroatoms. The highest BCUT2D eigenvalue weighted by Crippen LogP contribution is 2.20. The molecule has 3 rings (SSSR count). The van der Waals surface area contributed by atoms with Crippen molar-refractivity contribution in [2.24, 2.45) is 0 Å². The van der Waals surface area contributed by atoms with Gasteiger partial charge < -0.3 is 10.1 Å². The highest BCUT2D eigenvalue weighted by Gasteiger charge is 2.18. The fourth-order valence-corrected chi connectivity index (χ4v) is 2.73. The molecule has 0 saturated carbocycles. The lowest BCUT2D eigenvalue weighted by molar-refractivity contribution is 0.195. The van der Waals surface area contributed by atoms with E-state index in [9.17, 15) is 4.79 Å². The van der Waals surface area contributed by atoms with Crippen molar-refractivity contribution >= 4 is 28.9 Å². The van der Waals surface area contributed by atoms with Crippen LogP contribution in [-0.2, 0) is 11.3 Å². The average molecular weight is 340 g/mol. The van der Waals surface area contributed by atoms with E-state index >= 15 is 0 Å². The van der Waals surface area contributed by atoms with Gasteiger partial charge in [-0.1, -0.05) is 41.4 Å². The molecule has 2 aromatic rings. The summed E-state index contributed by atoms with van der Waals surface area (Å²) in [4.78, 5) is 12.3. The number of ether oxygens (including phenoxy) is 1. The quantitative estimate of drug-likeness (QED) is 0.930. The minimum atomic E-state index is -0.342. The summed E-state index contributed by atoms with van der Waals surface area (Å²) in [6, 6.07) is 7.50. The second-order valence-corrected chi connectivity index (χ2v) is 5.92. The second-order valence-electron chi connectivity index (χ2n) is 5.13. The Morgan fingerprint density at radius 2 is 2.18 bits per heavy atom. The molecule has 1 aliphatic rings. The molecule has 1 aliphatic heterocycles. The molecule has 22 heavy (non-hydrogen) atoms. The molecule has 0 amide bonds. The highest BCUT2D eigenvalue weighted by atomic mass is 35.5. The molecule has 1 aromatic heterocycles. The van der Waals surface area contributed by atoms with Gasteiger partial charge in [0, 0.05) is 11.6 Å². The summed E-state index contributed by atoms with van der Waals surface area (Å²) >= 11 is 12.3. The first kappa shape index (κ1) is 15.3. The smallest absolute Gasteiger partial charge is 0.287 e. The van der Waals surface area contributed by atoms with Crippen LogP contribution in [0.2, 0.25) is 10.0 Å². The van der Waals surface area contributed by atoms with Crippen LogP contribution in [0.25, 0.3) is 0 Å². The number of nitrogens with one attached hydrogen (secondary N) is 1. The molecule has 0 bridgehead atoms. The number of nitrogens with zero attached hydrogens (tertiary/aromatic N) is 2. The molecule has 0 radical (unpaired) electrons. The second kappa shape index (κ2) is 6.69. The van der Waals surface area contributed by atoms with Gasteiger partial charge in [0.15, 0.2) is 0 Å². The van der Waals surface area contributed by atoms with Gasteiger partial charge in [-0.05, 0) is 18.1 Å². The topological polar surface area (TPSA) is 56.1 Å². The van der Waals surface area contributed by atoms with Crippen molar-refractivity contribution in [3.05, 3.63) is 56.4 Å². The zero-order valence-corrected chi connectivity index (χ0v) is 13.3. The summed E-state index contributed by atoms with van der Waals surface area (Å²) in [5.41, 5.74) is 1.02. The van der Waals surface area contributed by atoms with Crippen molar-refractivity contribution < 1.29 is 4.74 Å².